The molecule has 0 aliphatic heterocycles. The molecule has 3 nitrogen and oxygen atoms in total. The third kappa shape index (κ3) is 2.75. The highest BCUT2D eigenvalue weighted by molar-refractivity contribution is 7.17. The average Bonchev–Trinajstić information content (AvgIpc) is 2.73. The Morgan fingerprint density at radius 2 is 1.90 bits per heavy atom. The molecule has 0 saturated carbocycles. The number of thiazole rings is 1. The first-order valence-electron chi connectivity index (χ1n) is 6.52. The third-order valence-electron chi connectivity index (χ3n) is 3.14. The van der Waals surface area contributed by atoms with Crippen molar-refractivity contribution in [1.82, 2.24) is 4.98 Å². The maximum absolute atomic E-state index is 11.4. The number of aromatic nitrogens is 1. The molecule has 0 fully saturated rings. The van der Waals surface area contributed by atoms with Crippen LogP contribution in [0.4, 0.5) is 0 Å². The predicted molar refractivity (Wildman–Crippen MR) is 82.7 cm³/mol. The molecule has 0 amide bonds. The molecule has 1 heterocycles. The van der Waals surface area contributed by atoms with E-state index in [0.717, 1.165) is 16.1 Å². The summed E-state index contributed by atoms with van der Waals surface area (Å²) in [5.74, 6) is -0.900. The van der Waals surface area contributed by atoms with Gasteiger partial charge in [-0.2, -0.15) is 0 Å². The molecule has 4 heteroatoms. The number of carboxylic acids is 1. The van der Waals surface area contributed by atoms with Crippen LogP contribution < -0.4 is 0 Å². The van der Waals surface area contributed by atoms with Crippen LogP contribution in [-0.4, -0.2) is 16.1 Å². The molecule has 0 atom stereocenters. The number of carbonyl (C=O) groups is 1. The summed E-state index contributed by atoms with van der Waals surface area (Å²) in [6.07, 6.45) is 0. The van der Waals surface area contributed by atoms with E-state index in [1.807, 2.05) is 46.8 Å². The zero-order valence-electron chi connectivity index (χ0n) is 12.4. The maximum atomic E-state index is 11.4. The molecule has 2 aromatic rings. The number of nitrogens with zero attached hydrogens (tertiary/aromatic N) is 1. The van der Waals surface area contributed by atoms with Gasteiger partial charge in [0.2, 0.25) is 0 Å². The summed E-state index contributed by atoms with van der Waals surface area (Å²) in [7, 11) is 0. The largest absolute Gasteiger partial charge is 0.477 e. The van der Waals surface area contributed by atoms with Crippen molar-refractivity contribution in [2.24, 2.45) is 0 Å². The lowest BCUT2D eigenvalue weighted by atomic mass is 9.91. The molecular formula is C16H19NO2S. The van der Waals surface area contributed by atoms with Gasteiger partial charge in [0, 0.05) is 11.0 Å². The normalized spacial score (nSPS) is 11.7. The van der Waals surface area contributed by atoms with Crippen molar-refractivity contribution in [3.63, 3.8) is 0 Å². The summed E-state index contributed by atoms with van der Waals surface area (Å²) >= 11 is 1.26. The summed E-state index contributed by atoms with van der Waals surface area (Å²) in [5.41, 5.74) is 3.71. The predicted octanol–water partition coefficient (Wildman–Crippen LogP) is 4.42. The molecule has 106 valence electrons. The first-order chi connectivity index (χ1) is 9.20. The first kappa shape index (κ1) is 14.7. The summed E-state index contributed by atoms with van der Waals surface area (Å²) in [6, 6.07) is 6.14. The van der Waals surface area contributed by atoms with Crippen molar-refractivity contribution in [1.29, 1.82) is 0 Å². The Labute approximate surface area is 123 Å². The van der Waals surface area contributed by atoms with Crippen molar-refractivity contribution in [2.45, 2.75) is 40.0 Å². The van der Waals surface area contributed by atoms with Crippen LogP contribution in [-0.2, 0) is 5.41 Å². The highest BCUT2D eigenvalue weighted by Gasteiger charge is 2.27. The summed E-state index contributed by atoms with van der Waals surface area (Å²) < 4.78 is 0. The van der Waals surface area contributed by atoms with E-state index in [-0.39, 0.29) is 5.41 Å². The average molecular weight is 289 g/mol. The zero-order valence-corrected chi connectivity index (χ0v) is 13.3. The molecule has 0 bridgehead atoms. The minimum absolute atomic E-state index is 0.277. The van der Waals surface area contributed by atoms with Gasteiger partial charge < -0.3 is 5.11 Å². The topological polar surface area (TPSA) is 50.2 Å². The van der Waals surface area contributed by atoms with E-state index in [1.54, 1.807) is 0 Å². The molecule has 1 aromatic heterocycles. The lowest BCUT2D eigenvalue weighted by molar-refractivity contribution is 0.0699. The van der Waals surface area contributed by atoms with Crippen LogP contribution in [0.15, 0.2) is 18.2 Å². The number of hydrogen-bond acceptors (Lipinski definition) is 3. The Morgan fingerprint density at radius 1 is 1.25 bits per heavy atom. The van der Waals surface area contributed by atoms with Gasteiger partial charge in [-0.15, -0.1) is 11.3 Å². The van der Waals surface area contributed by atoms with Gasteiger partial charge >= 0.3 is 5.97 Å². The third-order valence-corrected chi connectivity index (χ3v) is 4.22. The van der Waals surface area contributed by atoms with E-state index in [0.29, 0.717) is 10.6 Å². The van der Waals surface area contributed by atoms with Crippen molar-refractivity contribution >= 4 is 17.3 Å². The molecule has 0 aliphatic rings. The van der Waals surface area contributed by atoms with E-state index >= 15 is 0 Å². The Bertz CT molecular complexity index is 666. The van der Waals surface area contributed by atoms with Gasteiger partial charge in [-0.3, -0.25) is 0 Å². The summed E-state index contributed by atoms with van der Waals surface area (Å²) in [4.78, 5) is 16.4. The molecule has 0 saturated heterocycles. The van der Waals surface area contributed by atoms with Crippen molar-refractivity contribution < 1.29 is 9.90 Å². The lowest BCUT2D eigenvalue weighted by Crippen LogP contribution is -2.16. The lowest BCUT2D eigenvalue weighted by Gasteiger charge is -2.16. The van der Waals surface area contributed by atoms with Crippen LogP contribution in [0.25, 0.3) is 10.6 Å². The fourth-order valence-electron chi connectivity index (χ4n) is 2.14. The molecule has 0 radical (unpaired) electrons. The van der Waals surface area contributed by atoms with Gasteiger partial charge in [0.15, 0.2) is 0 Å². The van der Waals surface area contributed by atoms with E-state index in [2.05, 4.69) is 11.1 Å². The van der Waals surface area contributed by atoms with Gasteiger partial charge in [-0.05, 0) is 19.4 Å². The zero-order chi connectivity index (χ0) is 15.1. The fraction of sp³-hybridized carbons (Fsp3) is 0.375. The molecule has 0 unspecified atom stereocenters. The second-order valence-corrected chi connectivity index (χ2v) is 7.07. The van der Waals surface area contributed by atoms with Gasteiger partial charge in [0.1, 0.15) is 9.88 Å². The molecule has 0 spiro atoms. The summed E-state index contributed by atoms with van der Waals surface area (Å²) in [6.45, 7) is 10.0. The minimum Gasteiger partial charge on any atom is -0.477 e. The molecule has 0 aliphatic carbocycles. The quantitative estimate of drug-likeness (QED) is 0.890. The standard InChI is InChI=1S/C16H19NO2S/c1-9-6-7-11(10(2)8-9)14-17-13(16(3,4)5)12(20-14)15(18)19/h6-8H,1-5H3,(H,18,19). The number of rotatable bonds is 2. The van der Waals surface area contributed by atoms with Crippen LogP contribution in [0.1, 0.15) is 47.3 Å². The van der Waals surface area contributed by atoms with Crippen LogP contribution in [0.5, 0.6) is 0 Å². The van der Waals surface area contributed by atoms with Crippen LogP contribution in [0.2, 0.25) is 0 Å². The molecule has 20 heavy (non-hydrogen) atoms. The van der Waals surface area contributed by atoms with Gasteiger partial charge in [0.25, 0.3) is 0 Å². The molecule has 2 rings (SSSR count). The van der Waals surface area contributed by atoms with E-state index in [4.69, 9.17) is 0 Å². The van der Waals surface area contributed by atoms with Gasteiger partial charge in [-0.25, -0.2) is 9.78 Å². The Hall–Kier alpha value is -1.68. The Balaban J connectivity index is 2.62. The fourth-order valence-corrected chi connectivity index (χ4v) is 3.35. The van der Waals surface area contributed by atoms with Gasteiger partial charge in [0.05, 0.1) is 5.69 Å². The Kier molecular flexibility index (Phi) is 3.69. The van der Waals surface area contributed by atoms with E-state index in [9.17, 15) is 9.90 Å². The number of aromatic carboxylic acids is 1. The second kappa shape index (κ2) is 5.02. The van der Waals surface area contributed by atoms with Crippen LogP contribution in [0.3, 0.4) is 0 Å². The maximum Gasteiger partial charge on any atom is 0.347 e. The highest BCUT2D eigenvalue weighted by atomic mass is 32.1. The second-order valence-electron chi connectivity index (χ2n) is 6.07. The number of hydrogen-bond donors (Lipinski definition) is 1. The SMILES string of the molecule is Cc1ccc(-c2nc(C(C)(C)C)c(C(=O)O)s2)c(C)c1. The number of aryl methyl sites for hydroxylation is 2. The van der Waals surface area contributed by atoms with E-state index in [1.165, 1.54) is 16.9 Å². The monoisotopic (exact) mass is 289 g/mol. The Morgan fingerprint density at radius 3 is 2.35 bits per heavy atom. The van der Waals surface area contributed by atoms with Crippen molar-refractivity contribution in [2.75, 3.05) is 0 Å². The van der Waals surface area contributed by atoms with Gasteiger partial charge in [-0.1, -0.05) is 44.5 Å². The number of carboxylic acid groups (broad SMARTS) is 1. The molecular weight excluding hydrogens is 270 g/mol. The number of benzene rings is 1. The van der Waals surface area contributed by atoms with Crippen LogP contribution >= 0.6 is 11.3 Å². The first-order valence-corrected chi connectivity index (χ1v) is 7.34. The molecule has 1 aromatic carbocycles. The molecule has 1 N–H and O–H groups in total. The van der Waals surface area contributed by atoms with Crippen molar-refractivity contribution in [3.8, 4) is 10.6 Å². The van der Waals surface area contributed by atoms with Crippen LogP contribution in [0, 0.1) is 13.8 Å². The van der Waals surface area contributed by atoms with Crippen molar-refractivity contribution in [3.05, 3.63) is 39.9 Å². The van der Waals surface area contributed by atoms with E-state index < -0.39 is 5.97 Å². The minimum atomic E-state index is -0.900. The highest BCUT2D eigenvalue weighted by Crippen LogP contribution is 2.35. The smallest absolute Gasteiger partial charge is 0.347 e. The summed E-state index contributed by atoms with van der Waals surface area (Å²) in [5, 5.41) is 10.2.